The van der Waals surface area contributed by atoms with Crippen LogP contribution in [0, 0.1) is 0 Å². The van der Waals surface area contributed by atoms with Crippen LogP contribution < -0.4 is 5.32 Å². The summed E-state index contributed by atoms with van der Waals surface area (Å²) in [5.74, 6) is -0.859. The lowest BCUT2D eigenvalue weighted by atomic mass is 10.1. The Morgan fingerprint density at radius 2 is 2.38 bits per heavy atom. The van der Waals surface area contributed by atoms with E-state index in [-0.39, 0.29) is 12.5 Å². The molecular formula is C10H12ClNO3S. The maximum atomic E-state index is 10.4. The van der Waals surface area contributed by atoms with Crippen molar-refractivity contribution < 1.29 is 14.7 Å². The molecule has 0 saturated heterocycles. The number of halogens is 1. The normalized spacial score (nSPS) is 12.1. The van der Waals surface area contributed by atoms with Gasteiger partial charge in [0, 0.05) is 23.8 Å². The van der Waals surface area contributed by atoms with Crippen LogP contribution in [-0.2, 0) is 16.0 Å². The minimum Gasteiger partial charge on any atom is -0.481 e. The molecule has 16 heavy (non-hydrogen) atoms. The second-order valence-electron chi connectivity index (χ2n) is 3.32. The van der Waals surface area contributed by atoms with E-state index in [0.717, 1.165) is 4.88 Å². The van der Waals surface area contributed by atoms with Crippen LogP contribution in [-0.4, -0.2) is 23.5 Å². The van der Waals surface area contributed by atoms with Crippen molar-refractivity contribution >= 4 is 35.3 Å². The predicted octanol–water partition coefficient (Wildman–Crippen LogP) is 1.92. The predicted molar refractivity (Wildman–Crippen MR) is 62.9 cm³/mol. The zero-order chi connectivity index (χ0) is 12.0. The standard InChI is InChI=1S/C10H12ClNO3S/c11-9-3-2-8(16-9)5-7(12-6-13)1-4-10(14)15/h2-3,6-7H,1,4-5H2,(H,12,13)(H,14,15). The van der Waals surface area contributed by atoms with Gasteiger partial charge in [-0.15, -0.1) is 11.3 Å². The molecule has 0 bridgehead atoms. The Morgan fingerprint density at radius 3 is 2.88 bits per heavy atom. The summed E-state index contributed by atoms with van der Waals surface area (Å²) < 4.78 is 0.693. The number of hydrogen-bond donors (Lipinski definition) is 2. The van der Waals surface area contributed by atoms with Gasteiger partial charge in [-0.3, -0.25) is 9.59 Å². The Bertz CT molecular complexity index is 367. The Kier molecular flexibility index (Phi) is 5.28. The molecule has 4 nitrogen and oxygen atoms in total. The highest BCUT2D eigenvalue weighted by atomic mass is 35.5. The summed E-state index contributed by atoms with van der Waals surface area (Å²) >= 11 is 7.22. The number of rotatable bonds is 7. The summed E-state index contributed by atoms with van der Waals surface area (Å²) in [5.41, 5.74) is 0. The largest absolute Gasteiger partial charge is 0.481 e. The number of carbonyl (C=O) groups excluding carboxylic acids is 1. The van der Waals surface area contributed by atoms with Gasteiger partial charge in [0.05, 0.1) is 4.34 Å². The van der Waals surface area contributed by atoms with E-state index >= 15 is 0 Å². The van der Waals surface area contributed by atoms with Crippen LogP contribution in [0.3, 0.4) is 0 Å². The number of amides is 1. The van der Waals surface area contributed by atoms with Gasteiger partial charge in [0.15, 0.2) is 0 Å². The number of carboxylic acids is 1. The molecule has 0 aromatic carbocycles. The molecule has 1 heterocycles. The van der Waals surface area contributed by atoms with Crippen molar-refractivity contribution in [3.63, 3.8) is 0 Å². The van der Waals surface area contributed by atoms with Gasteiger partial charge in [-0.05, 0) is 18.6 Å². The minimum absolute atomic E-state index is 0.0462. The third-order valence-corrected chi connectivity index (χ3v) is 3.34. The van der Waals surface area contributed by atoms with Gasteiger partial charge in [-0.25, -0.2) is 0 Å². The Labute approximate surface area is 102 Å². The molecule has 1 unspecified atom stereocenters. The fourth-order valence-electron chi connectivity index (χ4n) is 1.34. The lowest BCUT2D eigenvalue weighted by Gasteiger charge is -2.13. The first kappa shape index (κ1) is 13.0. The zero-order valence-electron chi connectivity index (χ0n) is 8.48. The third-order valence-electron chi connectivity index (χ3n) is 2.09. The maximum Gasteiger partial charge on any atom is 0.303 e. The van der Waals surface area contributed by atoms with Gasteiger partial charge in [0.25, 0.3) is 0 Å². The number of thiophene rings is 1. The molecule has 88 valence electrons. The van der Waals surface area contributed by atoms with Crippen LogP contribution in [0.2, 0.25) is 4.34 Å². The minimum atomic E-state index is -0.859. The average molecular weight is 262 g/mol. The van der Waals surface area contributed by atoms with E-state index in [9.17, 15) is 9.59 Å². The van der Waals surface area contributed by atoms with Crippen molar-refractivity contribution in [1.82, 2.24) is 5.32 Å². The molecule has 6 heteroatoms. The highest BCUT2D eigenvalue weighted by molar-refractivity contribution is 7.16. The van der Waals surface area contributed by atoms with Gasteiger partial charge >= 0.3 is 5.97 Å². The fraction of sp³-hybridized carbons (Fsp3) is 0.400. The maximum absolute atomic E-state index is 10.4. The van der Waals surface area contributed by atoms with Gasteiger partial charge in [0.1, 0.15) is 0 Å². The molecule has 1 aromatic rings. The summed E-state index contributed by atoms with van der Waals surface area (Å²) in [4.78, 5) is 21.8. The lowest BCUT2D eigenvalue weighted by Crippen LogP contribution is -2.30. The van der Waals surface area contributed by atoms with Gasteiger partial charge in [0.2, 0.25) is 6.41 Å². The highest BCUT2D eigenvalue weighted by Gasteiger charge is 2.12. The topological polar surface area (TPSA) is 66.4 Å². The molecule has 0 spiro atoms. The van der Waals surface area contributed by atoms with Crippen molar-refractivity contribution in [2.45, 2.75) is 25.3 Å². The Balaban J connectivity index is 2.49. The molecule has 1 amide bonds. The number of aliphatic carboxylic acids is 1. The molecular weight excluding hydrogens is 250 g/mol. The zero-order valence-corrected chi connectivity index (χ0v) is 10.1. The Morgan fingerprint density at radius 1 is 1.62 bits per heavy atom. The molecule has 1 atom stereocenters. The average Bonchev–Trinajstić information content (AvgIpc) is 2.61. The molecule has 0 saturated carbocycles. The van der Waals surface area contributed by atoms with Crippen LogP contribution >= 0.6 is 22.9 Å². The third kappa shape index (κ3) is 4.63. The van der Waals surface area contributed by atoms with E-state index in [1.165, 1.54) is 11.3 Å². The summed E-state index contributed by atoms with van der Waals surface area (Å²) in [6.45, 7) is 0. The first-order valence-electron chi connectivity index (χ1n) is 4.77. The summed E-state index contributed by atoms with van der Waals surface area (Å²) in [7, 11) is 0. The van der Waals surface area contributed by atoms with E-state index < -0.39 is 5.97 Å². The SMILES string of the molecule is O=CNC(CCC(=O)O)Cc1ccc(Cl)s1. The van der Waals surface area contributed by atoms with Gasteiger partial charge in [-0.1, -0.05) is 11.6 Å². The second kappa shape index (κ2) is 6.50. The molecule has 0 fully saturated rings. The summed E-state index contributed by atoms with van der Waals surface area (Å²) in [5, 5.41) is 11.2. The van der Waals surface area contributed by atoms with Crippen molar-refractivity contribution in [3.8, 4) is 0 Å². The van der Waals surface area contributed by atoms with Crippen LogP contribution in [0.4, 0.5) is 0 Å². The van der Waals surface area contributed by atoms with Crippen LogP contribution in [0.25, 0.3) is 0 Å². The van der Waals surface area contributed by atoms with E-state index in [0.29, 0.717) is 23.6 Å². The quantitative estimate of drug-likeness (QED) is 0.737. The number of nitrogens with one attached hydrogen (secondary N) is 1. The molecule has 0 radical (unpaired) electrons. The van der Waals surface area contributed by atoms with Crippen molar-refractivity contribution in [2.75, 3.05) is 0 Å². The van der Waals surface area contributed by atoms with Crippen LogP contribution in [0.1, 0.15) is 17.7 Å². The number of carbonyl (C=O) groups is 2. The van der Waals surface area contributed by atoms with Gasteiger partial charge in [-0.2, -0.15) is 0 Å². The van der Waals surface area contributed by atoms with E-state index in [1.54, 1.807) is 6.07 Å². The lowest BCUT2D eigenvalue weighted by molar-refractivity contribution is -0.137. The molecule has 0 aliphatic carbocycles. The molecule has 2 N–H and O–H groups in total. The van der Waals surface area contributed by atoms with Crippen molar-refractivity contribution in [1.29, 1.82) is 0 Å². The van der Waals surface area contributed by atoms with Crippen LogP contribution in [0.15, 0.2) is 12.1 Å². The van der Waals surface area contributed by atoms with Crippen molar-refractivity contribution in [3.05, 3.63) is 21.3 Å². The number of hydrogen-bond acceptors (Lipinski definition) is 3. The van der Waals surface area contributed by atoms with Crippen LogP contribution in [0.5, 0.6) is 0 Å². The number of carboxylic acid groups (broad SMARTS) is 1. The first-order chi connectivity index (χ1) is 7.61. The van der Waals surface area contributed by atoms with Gasteiger partial charge < -0.3 is 10.4 Å². The summed E-state index contributed by atoms with van der Waals surface area (Å²) in [6.07, 6.45) is 1.68. The fourth-order valence-corrected chi connectivity index (χ4v) is 2.51. The van der Waals surface area contributed by atoms with E-state index in [1.807, 2.05) is 6.07 Å². The van der Waals surface area contributed by atoms with E-state index in [2.05, 4.69) is 5.32 Å². The second-order valence-corrected chi connectivity index (χ2v) is 5.12. The molecule has 1 aromatic heterocycles. The molecule has 0 aliphatic heterocycles. The smallest absolute Gasteiger partial charge is 0.303 e. The Hall–Kier alpha value is -1.07. The van der Waals surface area contributed by atoms with Crippen molar-refractivity contribution in [2.24, 2.45) is 0 Å². The monoisotopic (exact) mass is 261 g/mol. The highest BCUT2D eigenvalue weighted by Crippen LogP contribution is 2.23. The molecule has 0 aliphatic rings. The first-order valence-corrected chi connectivity index (χ1v) is 5.97. The summed E-state index contributed by atoms with van der Waals surface area (Å²) in [6, 6.07) is 3.52. The van der Waals surface area contributed by atoms with E-state index in [4.69, 9.17) is 16.7 Å². The molecule has 1 rings (SSSR count).